The fourth-order valence-corrected chi connectivity index (χ4v) is 4.22. The first kappa shape index (κ1) is 19.3. The van der Waals surface area contributed by atoms with Crippen molar-refractivity contribution in [2.75, 3.05) is 17.1 Å². The van der Waals surface area contributed by atoms with Crippen LogP contribution < -0.4 is 14.7 Å². The Morgan fingerprint density at radius 1 is 0.871 bits per heavy atom. The molecule has 3 aromatic rings. The quantitative estimate of drug-likeness (QED) is 0.602. The van der Waals surface area contributed by atoms with Crippen LogP contribution in [0, 0.1) is 11.7 Å². The van der Waals surface area contributed by atoms with Gasteiger partial charge in [-0.2, -0.15) is 0 Å². The molecule has 2 heterocycles. The Bertz CT molecular complexity index is 1140. The van der Waals surface area contributed by atoms with Gasteiger partial charge >= 0.3 is 0 Å². The molecule has 0 spiro atoms. The van der Waals surface area contributed by atoms with E-state index in [0.717, 1.165) is 4.90 Å². The average Bonchev–Trinajstić information content (AvgIpc) is 3.31. The van der Waals surface area contributed by atoms with Crippen LogP contribution in [-0.2, 0) is 14.4 Å². The summed E-state index contributed by atoms with van der Waals surface area (Å²) in [5.41, 5.74) is 1.82. The van der Waals surface area contributed by atoms with Crippen LogP contribution in [0.5, 0.6) is 5.75 Å². The highest BCUT2D eigenvalue weighted by Gasteiger charge is 2.60. The van der Waals surface area contributed by atoms with E-state index in [0.29, 0.717) is 22.7 Å². The topological polar surface area (TPSA) is 59.1 Å². The second kappa shape index (κ2) is 7.52. The van der Waals surface area contributed by atoms with Crippen LogP contribution in [0.25, 0.3) is 0 Å². The predicted octanol–water partition coefficient (Wildman–Crippen LogP) is 3.89. The van der Waals surface area contributed by atoms with Crippen LogP contribution in [0.4, 0.5) is 15.8 Å². The van der Waals surface area contributed by atoms with Gasteiger partial charge in [0.05, 0.1) is 24.5 Å². The predicted molar refractivity (Wildman–Crippen MR) is 112 cm³/mol. The summed E-state index contributed by atoms with van der Waals surface area (Å²) in [7, 11) is 1.52. The van der Waals surface area contributed by atoms with E-state index < -0.39 is 24.0 Å². The molecule has 0 aromatic heterocycles. The van der Waals surface area contributed by atoms with Gasteiger partial charge in [-0.3, -0.25) is 14.4 Å². The highest BCUT2D eigenvalue weighted by atomic mass is 19.1. The lowest BCUT2D eigenvalue weighted by molar-refractivity contribution is -0.126. The molecule has 2 aliphatic heterocycles. The van der Waals surface area contributed by atoms with Crippen LogP contribution in [0.15, 0.2) is 78.9 Å². The number of halogens is 1. The van der Waals surface area contributed by atoms with E-state index in [1.807, 2.05) is 30.3 Å². The van der Waals surface area contributed by atoms with E-state index in [4.69, 9.17) is 9.57 Å². The molecule has 3 aromatic carbocycles. The molecule has 5 rings (SSSR count). The van der Waals surface area contributed by atoms with E-state index in [1.165, 1.54) is 19.2 Å². The van der Waals surface area contributed by atoms with Crippen molar-refractivity contribution in [3.63, 3.8) is 0 Å². The lowest BCUT2D eigenvalue weighted by atomic mass is 9.90. The first-order chi connectivity index (χ1) is 15.1. The van der Waals surface area contributed by atoms with Gasteiger partial charge in [-0.25, -0.2) is 14.4 Å². The van der Waals surface area contributed by atoms with Crippen LogP contribution in [0.3, 0.4) is 0 Å². The molecule has 2 aliphatic rings. The molecule has 3 atom stereocenters. The second-order valence-electron chi connectivity index (χ2n) is 7.42. The Morgan fingerprint density at radius 2 is 1.58 bits per heavy atom. The number of fused-ring (bicyclic) bond motifs is 1. The van der Waals surface area contributed by atoms with Crippen molar-refractivity contribution in [3.8, 4) is 5.75 Å². The summed E-state index contributed by atoms with van der Waals surface area (Å²) in [6.07, 6.45) is -0.978. The van der Waals surface area contributed by atoms with Gasteiger partial charge in [-0.1, -0.05) is 36.4 Å². The zero-order valence-corrected chi connectivity index (χ0v) is 16.6. The Labute approximate surface area is 178 Å². The Balaban J connectivity index is 1.57. The number of para-hydroxylation sites is 1. The smallest absolute Gasteiger partial charge is 0.266 e. The number of benzene rings is 3. The van der Waals surface area contributed by atoms with Crippen LogP contribution in [-0.4, -0.2) is 25.0 Å². The Hall–Kier alpha value is -3.71. The minimum absolute atomic E-state index is 0.365. The number of hydrogen-bond acceptors (Lipinski definition) is 5. The van der Waals surface area contributed by atoms with E-state index in [9.17, 15) is 14.0 Å². The summed E-state index contributed by atoms with van der Waals surface area (Å²) < 4.78 is 18.8. The highest BCUT2D eigenvalue weighted by molar-refractivity contribution is 6.24. The van der Waals surface area contributed by atoms with Crippen molar-refractivity contribution < 1.29 is 23.6 Å². The SMILES string of the molecule is COc1cccc(N2C(=O)[C@H]3[C@H](ON(c4ccccc4)[C@@H]3c3ccc(F)cc3)C2=O)c1. The van der Waals surface area contributed by atoms with E-state index in [-0.39, 0.29) is 11.7 Å². The monoisotopic (exact) mass is 418 g/mol. The highest BCUT2D eigenvalue weighted by Crippen LogP contribution is 2.47. The minimum Gasteiger partial charge on any atom is -0.497 e. The molecule has 156 valence electrons. The number of carbonyl (C=O) groups is 2. The molecule has 0 unspecified atom stereocenters. The maximum absolute atomic E-state index is 13.6. The normalized spacial score (nSPS) is 22.7. The molecule has 0 saturated carbocycles. The molecule has 2 amide bonds. The molecular weight excluding hydrogens is 399 g/mol. The molecule has 0 radical (unpaired) electrons. The fraction of sp³-hybridized carbons (Fsp3) is 0.167. The van der Waals surface area contributed by atoms with Crippen LogP contribution in [0.2, 0.25) is 0 Å². The molecule has 6 nitrogen and oxygen atoms in total. The van der Waals surface area contributed by atoms with Gasteiger partial charge in [0.25, 0.3) is 5.91 Å². The molecule has 0 aliphatic carbocycles. The Kier molecular flexibility index (Phi) is 4.67. The van der Waals surface area contributed by atoms with Crippen molar-refractivity contribution >= 4 is 23.2 Å². The third-order valence-corrected chi connectivity index (χ3v) is 5.65. The first-order valence-electron chi connectivity index (χ1n) is 9.87. The van der Waals surface area contributed by atoms with Crippen LogP contribution >= 0.6 is 0 Å². The minimum atomic E-state index is -0.978. The van der Waals surface area contributed by atoms with Crippen molar-refractivity contribution in [2.45, 2.75) is 12.1 Å². The van der Waals surface area contributed by atoms with E-state index >= 15 is 0 Å². The largest absolute Gasteiger partial charge is 0.497 e. The summed E-state index contributed by atoms with van der Waals surface area (Å²) in [5.74, 6) is -1.41. The molecular formula is C24H19FN2O4. The van der Waals surface area contributed by atoms with Crippen molar-refractivity contribution in [1.82, 2.24) is 0 Å². The molecule has 2 fully saturated rings. The third kappa shape index (κ3) is 3.14. The summed E-state index contributed by atoms with van der Waals surface area (Å²) in [6, 6.07) is 21.4. The second-order valence-corrected chi connectivity index (χ2v) is 7.42. The number of imide groups is 1. The van der Waals surface area contributed by atoms with Gasteiger partial charge in [0.2, 0.25) is 5.91 Å². The van der Waals surface area contributed by atoms with Gasteiger partial charge in [0.15, 0.2) is 6.10 Å². The summed E-state index contributed by atoms with van der Waals surface area (Å²) >= 11 is 0. The molecule has 7 heteroatoms. The molecule has 31 heavy (non-hydrogen) atoms. The first-order valence-corrected chi connectivity index (χ1v) is 9.87. The number of nitrogens with zero attached hydrogens (tertiary/aromatic N) is 2. The van der Waals surface area contributed by atoms with E-state index in [1.54, 1.807) is 41.5 Å². The summed E-state index contributed by atoms with van der Waals surface area (Å²) in [4.78, 5) is 34.0. The number of rotatable bonds is 4. The number of ether oxygens (including phenoxy) is 1. The number of hydrogen-bond donors (Lipinski definition) is 0. The molecule has 2 saturated heterocycles. The molecule has 0 bridgehead atoms. The van der Waals surface area contributed by atoms with Gasteiger partial charge in [-0.05, 0) is 42.0 Å². The molecule has 0 N–H and O–H groups in total. The maximum Gasteiger partial charge on any atom is 0.266 e. The van der Waals surface area contributed by atoms with Gasteiger partial charge in [0, 0.05) is 6.07 Å². The average molecular weight is 418 g/mol. The standard InChI is InChI=1S/C24H19FN2O4/c1-30-19-9-5-8-18(14-19)26-23(28)20-21(15-10-12-16(25)13-11-15)27(31-22(20)24(26)29)17-6-3-2-4-7-17/h2-14,20-22H,1H3/t20-,21-,22+/m1/s1. The van der Waals surface area contributed by atoms with Crippen molar-refractivity contribution in [1.29, 1.82) is 0 Å². The zero-order chi connectivity index (χ0) is 21.5. The van der Waals surface area contributed by atoms with Gasteiger partial charge in [-0.15, -0.1) is 0 Å². The summed E-state index contributed by atoms with van der Waals surface area (Å²) in [6.45, 7) is 0. The number of amides is 2. The summed E-state index contributed by atoms with van der Waals surface area (Å²) in [5, 5.41) is 1.58. The van der Waals surface area contributed by atoms with Gasteiger partial charge in [0.1, 0.15) is 17.5 Å². The third-order valence-electron chi connectivity index (χ3n) is 5.65. The van der Waals surface area contributed by atoms with Gasteiger partial charge < -0.3 is 4.74 Å². The van der Waals surface area contributed by atoms with E-state index in [2.05, 4.69) is 0 Å². The number of methoxy groups -OCH3 is 1. The number of hydroxylamine groups is 1. The van der Waals surface area contributed by atoms with Crippen molar-refractivity contribution in [2.24, 2.45) is 5.92 Å². The van der Waals surface area contributed by atoms with Crippen molar-refractivity contribution in [3.05, 3.63) is 90.2 Å². The number of anilines is 2. The number of carbonyl (C=O) groups excluding carboxylic acids is 2. The fourth-order valence-electron chi connectivity index (χ4n) is 4.22. The lowest BCUT2D eigenvalue weighted by Gasteiger charge is -2.28. The Morgan fingerprint density at radius 3 is 2.29 bits per heavy atom. The lowest BCUT2D eigenvalue weighted by Crippen LogP contribution is -2.37. The van der Waals surface area contributed by atoms with Crippen LogP contribution in [0.1, 0.15) is 11.6 Å². The maximum atomic E-state index is 13.6. The zero-order valence-electron chi connectivity index (χ0n) is 16.6.